The minimum Gasteiger partial charge on any atom is -0.396 e. The van der Waals surface area contributed by atoms with Crippen molar-refractivity contribution in [2.75, 3.05) is 11.1 Å². The maximum atomic E-state index is 11.7. The number of nitrogens with one attached hydrogen (secondary N) is 1. The van der Waals surface area contributed by atoms with Crippen molar-refractivity contribution in [2.24, 2.45) is 0 Å². The lowest BCUT2D eigenvalue weighted by Crippen LogP contribution is -2.20. The highest BCUT2D eigenvalue weighted by molar-refractivity contribution is 9.11. The Morgan fingerprint density at radius 3 is 2.83 bits per heavy atom. The molecule has 18 heavy (non-hydrogen) atoms. The Morgan fingerprint density at radius 1 is 1.44 bits per heavy atom. The molecule has 0 aliphatic heterocycles. The first-order chi connectivity index (χ1) is 8.54. The molecule has 0 atom stereocenters. The van der Waals surface area contributed by atoms with Crippen molar-refractivity contribution >= 4 is 49.3 Å². The fourth-order valence-corrected chi connectivity index (χ4v) is 2.13. The van der Waals surface area contributed by atoms with Crippen LogP contribution in [0.5, 0.6) is 0 Å². The average molecular weight is 376 g/mol. The van der Waals surface area contributed by atoms with Gasteiger partial charge in [-0.3, -0.25) is 9.48 Å². The number of hydrogen-bond donors (Lipinski definition) is 2. The highest BCUT2D eigenvalue weighted by atomic mass is 79.9. The molecule has 0 spiro atoms. The Kier molecular flexibility index (Phi) is 3.92. The molecule has 0 aromatic carbocycles. The van der Waals surface area contributed by atoms with Crippen molar-refractivity contribution in [3.05, 3.63) is 27.8 Å². The number of hydrogen-bond acceptors (Lipinski definition) is 5. The molecule has 1 amide bonds. The first kappa shape index (κ1) is 13.0. The molecular formula is C9H8Br2N6O. The van der Waals surface area contributed by atoms with Gasteiger partial charge in [-0.25, -0.2) is 9.97 Å². The summed E-state index contributed by atoms with van der Waals surface area (Å²) in [6.45, 7) is 0.0569. The van der Waals surface area contributed by atoms with Crippen molar-refractivity contribution in [2.45, 2.75) is 6.54 Å². The van der Waals surface area contributed by atoms with Gasteiger partial charge in [0.2, 0.25) is 5.91 Å². The maximum absolute atomic E-state index is 11.7. The third-order valence-electron chi connectivity index (χ3n) is 1.92. The summed E-state index contributed by atoms with van der Waals surface area (Å²) in [6, 6.07) is 0. The number of halogens is 2. The van der Waals surface area contributed by atoms with Crippen molar-refractivity contribution in [3.8, 4) is 0 Å². The Balaban J connectivity index is 2.03. The molecular weight excluding hydrogens is 368 g/mol. The molecule has 7 nitrogen and oxygen atoms in total. The van der Waals surface area contributed by atoms with E-state index in [1.54, 1.807) is 6.20 Å². The average Bonchev–Trinajstić information content (AvgIpc) is 2.68. The molecule has 0 bridgehead atoms. The summed E-state index contributed by atoms with van der Waals surface area (Å²) in [5.74, 6) is 0.0822. The van der Waals surface area contributed by atoms with Crippen molar-refractivity contribution in [3.63, 3.8) is 0 Å². The van der Waals surface area contributed by atoms with Crippen LogP contribution in [0.2, 0.25) is 0 Å². The van der Waals surface area contributed by atoms with E-state index in [1.807, 2.05) is 0 Å². The van der Waals surface area contributed by atoms with Gasteiger partial charge in [-0.1, -0.05) is 0 Å². The fraction of sp³-hybridized carbons (Fsp3) is 0.111. The summed E-state index contributed by atoms with van der Waals surface area (Å²) < 4.78 is 2.46. The smallest absolute Gasteiger partial charge is 0.247 e. The maximum Gasteiger partial charge on any atom is 0.247 e. The van der Waals surface area contributed by atoms with E-state index in [0.717, 1.165) is 0 Å². The minimum atomic E-state index is -0.268. The standard InChI is InChI=1S/C9H8Br2N6O/c10-6-2-13-9(8(11)15-6)16-7(18)4-17-3-5(12)1-14-17/h1-3H,4,12H2,(H,13,16,18). The number of carbonyl (C=O) groups excluding carboxylic acids is 1. The summed E-state index contributed by atoms with van der Waals surface area (Å²) in [7, 11) is 0. The van der Waals surface area contributed by atoms with Crippen LogP contribution in [-0.2, 0) is 11.3 Å². The molecule has 0 fully saturated rings. The molecule has 2 aromatic heterocycles. The van der Waals surface area contributed by atoms with E-state index in [9.17, 15) is 4.79 Å². The summed E-state index contributed by atoms with van der Waals surface area (Å²) in [4.78, 5) is 19.8. The summed E-state index contributed by atoms with van der Waals surface area (Å²) in [5.41, 5.74) is 6.00. The van der Waals surface area contributed by atoms with E-state index in [4.69, 9.17) is 5.73 Å². The molecule has 2 aromatic rings. The number of nitrogens with zero attached hydrogens (tertiary/aromatic N) is 4. The first-order valence-electron chi connectivity index (χ1n) is 4.80. The minimum absolute atomic E-state index is 0.0569. The quantitative estimate of drug-likeness (QED) is 0.845. The molecule has 0 saturated carbocycles. The SMILES string of the molecule is Nc1cnn(CC(=O)Nc2ncc(Br)nc2Br)c1. The van der Waals surface area contributed by atoms with Crippen LogP contribution >= 0.6 is 31.9 Å². The van der Waals surface area contributed by atoms with E-state index in [1.165, 1.54) is 17.1 Å². The molecule has 0 aliphatic rings. The van der Waals surface area contributed by atoms with Crippen molar-refractivity contribution in [1.29, 1.82) is 0 Å². The monoisotopic (exact) mass is 374 g/mol. The van der Waals surface area contributed by atoms with Gasteiger partial charge in [0.15, 0.2) is 5.82 Å². The summed E-state index contributed by atoms with van der Waals surface area (Å²) in [5, 5.41) is 6.52. The molecule has 0 aliphatic carbocycles. The van der Waals surface area contributed by atoms with Crippen molar-refractivity contribution in [1.82, 2.24) is 19.7 Å². The fourth-order valence-electron chi connectivity index (χ4n) is 1.22. The van der Waals surface area contributed by atoms with E-state index in [0.29, 0.717) is 20.7 Å². The lowest BCUT2D eigenvalue weighted by atomic mass is 10.5. The molecule has 0 saturated heterocycles. The number of carbonyl (C=O) groups is 1. The first-order valence-corrected chi connectivity index (χ1v) is 6.39. The summed E-state index contributed by atoms with van der Waals surface area (Å²) >= 11 is 6.38. The van der Waals surface area contributed by atoms with Gasteiger partial charge in [-0.15, -0.1) is 0 Å². The van der Waals surface area contributed by atoms with Gasteiger partial charge in [0, 0.05) is 6.20 Å². The van der Waals surface area contributed by atoms with Crippen LogP contribution in [0.4, 0.5) is 11.5 Å². The van der Waals surface area contributed by atoms with Gasteiger partial charge >= 0.3 is 0 Å². The summed E-state index contributed by atoms with van der Waals surface area (Å²) in [6.07, 6.45) is 4.54. The second-order valence-corrected chi connectivity index (χ2v) is 4.92. The third kappa shape index (κ3) is 3.26. The Labute approximate surface area is 119 Å². The number of aromatic nitrogens is 4. The van der Waals surface area contributed by atoms with Gasteiger partial charge in [0.05, 0.1) is 18.1 Å². The molecule has 2 heterocycles. The van der Waals surface area contributed by atoms with E-state index >= 15 is 0 Å². The van der Waals surface area contributed by atoms with Crippen molar-refractivity contribution < 1.29 is 4.79 Å². The zero-order valence-electron chi connectivity index (χ0n) is 8.97. The van der Waals surface area contributed by atoms with Gasteiger partial charge in [-0.2, -0.15) is 5.10 Å². The van der Waals surface area contributed by atoms with E-state index < -0.39 is 0 Å². The molecule has 0 radical (unpaired) electrons. The Bertz CT molecular complexity index is 584. The predicted molar refractivity (Wildman–Crippen MR) is 72.7 cm³/mol. The number of nitrogens with two attached hydrogens (primary N) is 1. The second-order valence-electron chi connectivity index (χ2n) is 3.35. The van der Waals surface area contributed by atoms with Gasteiger partial charge in [0.25, 0.3) is 0 Å². The third-order valence-corrected chi connectivity index (χ3v) is 2.85. The van der Waals surface area contributed by atoms with Crippen LogP contribution in [0, 0.1) is 0 Å². The number of anilines is 2. The highest BCUT2D eigenvalue weighted by Crippen LogP contribution is 2.19. The zero-order chi connectivity index (χ0) is 13.1. The van der Waals surface area contributed by atoms with Gasteiger partial charge in [0.1, 0.15) is 15.8 Å². The molecule has 94 valence electrons. The Morgan fingerprint density at radius 2 is 2.22 bits per heavy atom. The number of rotatable bonds is 3. The highest BCUT2D eigenvalue weighted by Gasteiger charge is 2.09. The van der Waals surface area contributed by atoms with E-state index in [-0.39, 0.29) is 12.5 Å². The van der Waals surface area contributed by atoms with Crippen LogP contribution in [-0.4, -0.2) is 25.7 Å². The van der Waals surface area contributed by atoms with Gasteiger partial charge in [-0.05, 0) is 31.9 Å². The van der Waals surface area contributed by atoms with Crippen LogP contribution in [0.25, 0.3) is 0 Å². The predicted octanol–water partition coefficient (Wildman–Crippen LogP) is 1.42. The number of amides is 1. The van der Waals surface area contributed by atoms with Crippen LogP contribution in [0.15, 0.2) is 27.8 Å². The molecule has 2 rings (SSSR count). The molecule has 9 heteroatoms. The van der Waals surface area contributed by atoms with Gasteiger partial charge < -0.3 is 11.1 Å². The largest absolute Gasteiger partial charge is 0.396 e. The molecule has 0 unspecified atom stereocenters. The van der Waals surface area contributed by atoms with Crippen LogP contribution in [0.1, 0.15) is 0 Å². The number of nitrogen functional groups attached to an aromatic ring is 1. The second kappa shape index (κ2) is 5.44. The molecule has 3 N–H and O–H groups in total. The Hall–Kier alpha value is -1.48. The lowest BCUT2D eigenvalue weighted by molar-refractivity contribution is -0.116. The normalized spacial score (nSPS) is 10.3. The van der Waals surface area contributed by atoms with Crippen LogP contribution < -0.4 is 11.1 Å². The van der Waals surface area contributed by atoms with E-state index in [2.05, 4.69) is 52.2 Å². The zero-order valence-corrected chi connectivity index (χ0v) is 12.1. The topological polar surface area (TPSA) is 98.7 Å². The lowest BCUT2D eigenvalue weighted by Gasteiger charge is -2.05. The van der Waals surface area contributed by atoms with Crippen LogP contribution in [0.3, 0.4) is 0 Å².